The maximum atomic E-state index is 12.4. The minimum absolute atomic E-state index is 0.155. The number of aromatic nitrogens is 1. The summed E-state index contributed by atoms with van der Waals surface area (Å²) in [6.07, 6.45) is 5.80. The van der Waals surface area contributed by atoms with Crippen molar-refractivity contribution in [2.45, 2.75) is 51.6 Å². The SMILES string of the molecule is CCN(c1cc(-c2ccc(=O)[nH]c2)cc(C(=O)OC)c1C)C1CCC(N)CC1. The van der Waals surface area contributed by atoms with Gasteiger partial charge in [-0.05, 0) is 74.4 Å². The minimum atomic E-state index is -0.355. The molecule has 1 heterocycles. The molecule has 6 nitrogen and oxygen atoms in total. The van der Waals surface area contributed by atoms with Crippen LogP contribution in [0.1, 0.15) is 48.5 Å². The van der Waals surface area contributed by atoms with Gasteiger partial charge >= 0.3 is 5.97 Å². The Kier molecular flexibility index (Phi) is 6.19. The highest BCUT2D eigenvalue weighted by Crippen LogP contribution is 2.34. The molecule has 0 radical (unpaired) electrons. The number of ether oxygens (including phenoxy) is 1. The zero-order valence-electron chi connectivity index (χ0n) is 16.8. The van der Waals surface area contributed by atoms with Crippen molar-refractivity contribution in [1.29, 1.82) is 0 Å². The van der Waals surface area contributed by atoms with Gasteiger partial charge in [0.2, 0.25) is 5.56 Å². The second-order valence-corrected chi connectivity index (χ2v) is 7.46. The van der Waals surface area contributed by atoms with E-state index in [2.05, 4.69) is 22.9 Å². The largest absolute Gasteiger partial charge is 0.465 e. The number of H-pyrrole nitrogens is 1. The lowest BCUT2D eigenvalue weighted by Crippen LogP contribution is -2.41. The van der Waals surface area contributed by atoms with Crippen LogP contribution in [0.25, 0.3) is 11.1 Å². The quantitative estimate of drug-likeness (QED) is 0.774. The van der Waals surface area contributed by atoms with Crippen LogP contribution in [0.4, 0.5) is 5.69 Å². The van der Waals surface area contributed by atoms with Crippen LogP contribution in [0.3, 0.4) is 0 Å². The third kappa shape index (κ3) is 4.12. The average molecular weight is 383 g/mol. The number of carbonyl (C=O) groups excluding carboxylic acids is 1. The van der Waals surface area contributed by atoms with E-state index in [-0.39, 0.29) is 17.6 Å². The van der Waals surface area contributed by atoms with Gasteiger partial charge < -0.3 is 20.4 Å². The van der Waals surface area contributed by atoms with Crippen molar-refractivity contribution in [3.05, 3.63) is 51.9 Å². The fourth-order valence-corrected chi connectivity index (χ4v) is 4.11. The zero-order valence-corrected chi connectivity index (χ0v) is 16.8. The number of nitrogens with two attached hydrogens (primary N) is 1. The van der Waals surface area contributed by atoms with E-state index in [9.17, 15) is 9.59 Å². The molecule has 0 atom stereocenters. The number of hydrogen-bond donors (Lipinski definition) is 2. The van der Waals surface area contributed by atoms with Crippen LogP contribution < -0.4 is 16.2 Å². The molecule has 1 aliphatic rings. The highest BCUT2D eigenvalue weighted by atomic mass is 16.5. The predicted octanol–water partition coefficient (Wildman–Crippen LogP) is 3.23. The normalized spacial score (nSPS) is 19.3. The minimum Gasteiger partial charge on any atom is -0.465 e. The van der Waals surface area contributed by atoms with E-state index in [1.165, 1.54) is 13.2 Å². The molecule has 0 amide bonds. The van der Waals surface area contributed by atoms with Gasteiger partial charge in [-0.3, -0.25) is 4.79 Å². The number of nitrogens with zero attached hydrogens (tertiary/aromatic N) is 1. The summed E-state index contributed by atoms with van der Waals surface area (Å²) >= 11 is 0. The van der Waals surface area contributed by atoms with Crippen LogP contribution in [0, 0.1) is 6.92 Å². The molecule has 0 unspecified atom stereocenters. The number of benzene rings is 1. The topological polar surface area (TPSA) is 88.4 Å². The Labute approximate surface area is 165 Å². The summed E-state index contributed by atoms with van der Waals surface area (Å²) in [5, 5.41) is 0. The molecule has 1 aromatic carbocycles. The second-order valence-electron chi connectivity index (χ2n) is 7.46. The Hall–Kier alpha value is -2.60. The Balaban J connectivity index is 2.09. The third-order valence-electron chi connectivity index (χ3n) is 5.74. The summed E-state index contributed by atoms with van der Waals surface area (Å²) in [6, 6.07) is 7.89. The molecule has 0 saturated heterocycles. The van der Waals surface area contributed by atoms with Crippen LogP contribution in [0.15, 0.2) is 35.3 Å². The molecule has 6 heteroatoms. The molecule has 0 aliphatic heterocycles. The number of methoxy groups -OCH3 is 1. The lowest BCUT2D eigenvalue weighted by molar-refractivity contribution is 0.0600. The smallest absolute Gasteiger partial charge is 0.338 e. The summed E-state index contributed by atoms with van der Waals surface area (Å²) in [4.78, 5) is 29.0. The van der Waals surface area contributed by atoms with E-state index >= 15 is 0 Å². The van der Waals surface area contributed by atoms with Gasteiger partial charge in [-0.25, -0.2) is 4.79 Å². The summed E-state index contributed by atoms with van der Waals surface area (Å²) in [6.45, 7) is 4.95. The maximum absolute atomic E-state index is 12.4. The Morgan fingerprint density at radius 1 is 1.21 bits per heavy atom. The van der Waals surface area contributed by atoms with Gasteiger partial charge in [-0.15, -0.1) is 0 Å². The molecular formula is C22H29N3O3. The van der Waals surface area contributed by atoms with E-state index in [1.807, 2.05) is 13.0 Å². The molecule has 0 bridgehead atoms. The van der Waals surface area contributed by atoms with Crippen LogP contribution in [-0.2, 0) is 4.74 Å². The van der Waals surface area contributed by atoms with Crippen molar-refractivity contribution in [3.63, 3.8) is 0 Å². The highest BCUT2D eigenvalue weighted by Gasteiger charge is 2.26. The van der Waals surface area contributed by atoms with Crippen LogP contribution in [0.2, 0.25) is 0 Å². The lowest BCUT2D eigenvalue weighted by Gasteiger charge is -2.38. The van der Waals surface area contributed by atoms with Gasteiger partial charge in [0.05, 0.1) is 12.7 Å². The van der Waals surface area contributed by atoms with E-state index in [1.54, 1.807) is 12.3 Å². The second kappa shape index (κ2) is 8.61. The summed E-state index contributed by atoms with van der Waals surface area (Å²) < 4.78 is 5.02. The molecule has 0 spiro atoms. The van der Waals surface area contributed by atoms with Crippen molar-refractivity contribution in [1.82, 2.24) is 4.98 Å². The Morgan fingerprint density at radius 2 is 1.93 bits per heavy atom. The van der Waals surface area contributed by atoms with Gasteiger partial charge in [0.15, 0.2) is 0 Å². The van der Waals surface area contributed by atoms with Crippen molar-refractivity contribution >= 4 is 11.7 Å². The number of pyridine rings is 1. The molecular weight excluding hydrogens is 354 g/mol. The molecule has 2 aromatic rings. The first-order chi connectivity index (χ1) is 13.4. The number of nitrogens with one attached hydrogen (secondary N) is 1. The molecule has 28 heavy (non-hydrogen) atoms. The number of hydrogen-bond acceptors (Lipinski definition) is 5. The Morgan fingerprint density at radius 3 is 2.50 bits per heavy atom. The van der Waals surface area contributed by atoms with Crippen LogP contribution in [-0.4, -0.2) is 36.7 Å². The third-order valence-corrected chi connectivity index (χ3v) is 5.74. The van der Waals surface area contributed by atoms with Crippen molar-refractivity contribution in [2.24, 2.45) is 5.73 Å². The standard InChI is InChI=1S/C22H29N3O3/c1-4-25(18-8-6-17(23)7-9-18)20-12-16(15-5-10-21(26)24-13-15)11-19(14(20)2)22(27)28-3/h5,10-13,17-18H,4,6-9,23H2,1-3H3,(H,24,26). The number of aromatic amines is 1. The van der Waals surface area contributed by atoms with Gasteiger partial charge in [-0.1, -0.05) is 0 Å². The predicted molar refractivity (Wildman–Crippen MR) is 112 cm³/mol. The van der Waals surface area contributed by atoms with Crippen molar-refractivity contribution < 1.29 is 9.53 Å². The van der Waals surface area contributed by atoms with E-state index in [0.29, 0.717) is 11.6 Å². The zero-order chi connectivity index (χ0) is 20.3. The van der Waals surface area contributed by atoms with Crippen LogP contribution >= 0.6 is 0 Å². The number of rotatable bonds is 5. The van der Waals surface area contributed by atoms with Gasteiger partial charge in [0, 0.05) is 36.6 Å². The number of anilines is 1. The summed E-state index contributed by atoms with van der Waals surface area (Å²) in [5.74, 6) is -0.355. The Bertz CT molecular complexity index is 878. The van der Waals surface area contributed by atoms with E-state index < -0.39 is 0 Å². The monoisotopic (exact) mass is 383 g/mol. The van der Waals surface area contributed by atoms with Gasteiger partial charge in [-0.2, -0.15) is 0 Å². The van der Waals surface area contributed by atoms with Gasteiger partial charge in [0.1, 0.15) is 0 Å². The van der Waals surface area contributed by atoms with Crippen molar-refractivity contribution in [2.75, 3.05) is 18.6 Å². The number of carbonyl (C=O) groups is 1. The fourth-order valence-electron chi connectivity index (χ4n) is 4.11. The van der Waals surface area contributed by atoms with Crippen molar-refractivity contribution in [3.8, 4) is 11.1 Å². The molecule has 1 aliphatic carbocycles. The average Bonchev–Trinajstić information content (AvgIpc) is 2.71. The maximum Gasteiger partial charge on any atom is 0.338 e. The number of esters is 1. The first-order valence-electron chi connectivity index (χ1n) is 9.88. The van der Waals surface area contributed by atoms with E-state index in [0.717, 1.165) is 54.6 Å². The van der Waals surface area contributed by atoms with Crippen LogP contribution in [0.5, 0.6) is 0 Å². The lowest BCUT2D eigenvalue weighted by atomic mass is 9.89. The molecule has 3 N–H and O–H groups in total. The molecule has 150 valence electrons. The molecule has 1 fully saturated rings. The highest BCUT2D eigenvalue weighted by molar-refractivity contribution is 5.95. The molecule has 1 aromatic heterocycles. The fraction of sp³-hybridized carbons (Fsp3) is 0.455. The van der Waals surface area contributed by atoms with Gasteiger partial charge in [0.25, 0.3) is 0 Å². The summed E-state index contributed by atoms with van der Waals surface area (Å²) in [7, 11) is 1.40. The first kappa shape index (κ1) is 20.1. The molecule has 1 saturated carbocycles. The van der Waals surface area contributed by atoms with E-state index in [4.69, 9.17) is 10.5 Å². The molecule has 3 rings (SSSR count). The first-order valence-corrected chi connectivity index (χ1v) is 9.88. The summed E-state index contributed by atoms with van der Waals surface area (Å²) in [5.41, 5.74) is 10.2.